The van der Waals surface area contributed by atoms with Crippen LogP contribution in [0, 0.1) is 5.92 Å². The topological polar surface area (TPSA) is 61.8 Å². The first-order valence-electron chi connectivity index (χ1n) is 9.27. The number of anilines is 1. The predicted molar refractivity (Wildman–Crippen MR) is 108 cm³/mol. The van der Waals surface area contributed by atoms with Crippen LogP contribution in [0.4, 0.5) is 5.69 Å². The number of likely N-dealkylation sites (N-methyl/N-ethyl adjacent to an activating group) is 1. The first-order valence-corrected chi connectivity index (χ1v) is 9.27. The van der Waals surface area contributed by atoms with Crippen molar-refractivity contribution in [3.63, 3.8) is 0 Å². The predicted octanol–water partition coefficient (Wildman–Crippen LogP) is 3.38. The van der Waals surface area contributed by atoms with Crippen molar-refractivity contribution >= 4 is 23.2 Å². The fourth-order valence-corrected chi connectivity index (χ4v) is 3.09. The van der Waals surface area contributed by atoms with Crippen LogP contribution < -0.4 is 10.2 Å². The molecule has 0 spiro atoms. The Hall–Kier alpha value is -2.95. The number of rotatable bonds is 5. The molecule has 0 fully saturated rings. The van der Waals surface area contributed by atoms with Gasteiger partial charge in [0, 0.05) is 24.6 Å². The van der Waals surface area contributed by atoms with Crippen LogP contribution in [0.25, 0.3) is 0 Å². The van der Waals surface area contributed by atoms with E-state index in [-0.39, 0.29) is 11.8 Å². The number of hydrogen-bond acceptors (Lipinski definition) is 3. The molecule has 5 nitrogen and oxygen atoms in total. The molecular formula is C22H25N3O2. The molecule has 0 radical (unpaired) electrons. The van der Waals surface area contributed by atoms with Gasteiger partial charge in [0.25, 0.3) is 5.91 Å². The summed E-state index contributed by atoms with van der Waals surface area (Å²) in [5.74, 6) is 0.0275. The number of nitrogens with zero attached hydrogens (tertiary/aromatic N) is 2. The van der Waals surface area contributed by atoms with Crippen LogP contribution in [-0.4, -0.2) is 30.7 Å². The molecule has 0 saturated heterocycles. The van der Waals surface area contributed by atoms with Gasteiger partial charge in [0.05, 0.1) is 11.4 Å². The SMILES string of the molecule is CC(C)CCC(=O)N[C@H]1N=C(c2ccccc2)c2ccccc2N(C)C1=O. The number of amides is 2. The van der Waals surface area contributed by atoms with E-state index in [0.717, 1.165) is 23.2 Å². The summed E-state index contributed by atoms with van der Waals surface area (Å²) in [5, 5.41) is 2.81. The van der Waals surface area contributed by atoms with Gasteiger partial charge in [-0.15, -0.1) is 0 Å². The van der Waals surface area contributed by atoms with Gasteiger partial charge in [0.1, 0.15) is 0 Å². The summed E-state index contributed by atoms with van der Waals surface area (Å²) in [6, 6.07) is 17.4. The summed E-state index contributed by atoms with van der Waals surface area (Å²) in [6.07, 6.45) is 0.226. The Bertz CT molecular complexity index is 859. The zero-order valence-electron chi connectivity index (χ0n) is 16.0. The lowest BCUT2D eigenvalue weighted by molar-refractivity contribution is -0.127. The molecule has 27 heavy (non-hydrogen) atoms. The van der Waals surface area contributed by atoms with Gasteiger partial charge < -0.3 is 10.2 Å². The van der Waals surface area contributed by atoms with Crippen molar-refractivity contribution in [3.8, 4) is 0 Å². The number of aliphatic imine (C=N–C) groups is 1. The summed E-state index contributed by atoms with van der Waals surface area (Å²) in [4.78, 5) is 31.6. The Morgan fingerprint density at radius 3 is 2.48 bits per heavy atom. The minimum atomic E-state index is -0.933. The summed E-state index contributed by atoms with van der Waals surface area (Å²) in [7, 11) is 1.72. The van der Waals surface area contributed by atoms with E-state index >= 15 is 0 Å². The number of benzene rings is 2. The first kappa shape index (κ1) is 18.8. The van der Waals surface area contributed by atoms with E-state index in [1.165, 1.54) is 0 Å². The average molecular weight is 363 g/mol. The Labute approximate surface area is 160 Å². The van der Waals surface area contributed by atoms with Crippen LogP contribution in [0.15, 0.2) is 59.6 Å². The van der Waals surface area contributed by atoms with E-state index in [1.807, 2.05) is 54.6 Å². The van der Waals surface area contributed by atoms with Crippen LogP contribution in [0.5, 0.6) is 0 Å². The maximum absolute atomic E-state index is 13.0. The maximum Gasteiger partial charge on any atom is 0.272 e. The Morgan fingerprint density at radius 2 is 1.78 bits per heavy atom. The van der Waals surface area contributed by atoms with E-state index in [0.29, 0.717) is 18.1 Å². The van der Waals surface area contributed by atoms with Crippen molar-refractivity contribution in [2.75, 3.05) is 11.9 Å². The van der Waals surface area contributed by atoms with E-state index in [1.54, 1.807) is 11.9 Å². The molecule has 2 aromatic carbocycles. The smallest absolute Gasteiger partial charge is 0.272 e. The normalized spacial score (nSPS) is 16.6. The zero-order valence-corrected chi connectivity index (χ0v) is 16.0. The molecule has 0 aromatic heterocycles. The molecule has 0 saturated carbocycles. The van der Waals surface area contributed by atoms with Crippen molar-refractivity contribution in [2.45, 2.75) is 32.9 Å². The van der Waals surface area contributed by atoms with Gasteiger partial charge in [-0.2, -0.15) is 0 Å². The third kappa shape index (κ3) is 4.25. The molecule has 1 N–H and O–H groups in total. The number of benzodiazepines with no additional fused rings is 1. The lowest BCUT2D eigenvalue weighted by Crippen LogP contribution is -2.46. The van der Waals surface area contributed by atoms with Crippen molar-refractivity contribution in [1.82, 2.24) is 5.32 Å². The van der Waals surface area contributed by atoms with E-state index < -0.39 is 6.17 Å². The average Bonchev–Trinajstić information content (AvgIpc) is 2.78. The first-order chi connectivity index (χ1) is 13.0. The zero-order chi connectivity index (χ0) is 19.4. The van der Waals surface area contributed by atoms with Gasteiger partial charge >= 0.3 is 0 Å². The Kier molecular flexibility index (Phi) is 5.69. The molecule has 1 aliphatic heterocycles. The van der Waals surface area contributed by atoms with E-state index in [9.17, 15) is 9.59 Å². The molecule has 5 heteroatoms. The standard InChI is InChI=1S/C22H25N3O2/c1-15(2)13-14-19(26)23-21-22(27)25(3)18-12-8-7-11-17(18)20(24-21)16-9-5-4-6-10-16/h4-12,15,21H,13-14H2,1-3H3,(H,23,26)/t21-/m0/s1. The second-order valence-corrected chi connectivity index (χ2v) is 7.16. The molecular weight excluding hydrogens is 338 g/mol. The van der Waals surface area contributed by atoms with Gasteiger partial charge in [0.15, 0.2) is 0 Å². The van der Waals surface area contributed by atoms with Crippen molar-refractivity contribution in [2.24, 2.45) is 10.9 Å². The van der Waals surface area contributed by atoms with Crippen LogP contribution in [0.1, 0.15) is 37.8 Å². The largest absolute Gasteiger partial charge is 0.327 e. The maximum atomic E-state index is 13.0. The van der Waals surface area contributed by atoms with E-state index in [2.05, 4.69) is 24.2 Å². The molecule has 140 valence electrons. The highest BCUT2D eigenvalue weighted by Gasteiger charge is 2.30. The highest BCUT2D eigenvalue weighted by Crippen LogP contribution is 2.27. The monoisotopic (exact) mass is 363 g/mol. The van der Waals surface area contributed by atoms with Crippen LogP contribution >= 0.6 is 0 Å². The second kappa shape index (κ2) is 8.16. The molecule has 0 bridgehead atoms. The van der Waals surface area contributed by atoms with Gasteiger partial charge in [0.2, 0.25) is 12.1 Å². The molecule has 0 aliphatic carbocycles. The molecule has 1 heterocycles. The van der Waals surface area contributed by atoms with Gasteiger partial charge in [-0.25, -0.2) is 4.99 Å². The highest BCUT2D eigenvalue weighted by atomic mass is 16.2. The minimum absolute atomic E-state index is 0.155. The summed E-state index contributed by atoms with van der Waals surface area (Å²) < 4.78 is 0. The van der Waals surface area contributed by atoms with Gasteiger partial charge in [-0.05, 0) is 18.4 Å². The number of hydrogen-bond donors (Lipinski definition) is 1. The highest BCUT2D eigenvalue weighted by molar-refractivity contribution is 6.20. The molecule has 1 atom stereocenters. The van der Waals surface area contributed by atoms with Crippen molar-refractivity contribution < 1.29 is 9.59 Å². The number of fused-ring (bicyclic) bond motifs is 1. The number of carbonyl (C=O) groups excluding carboxylic acids is 2. The molecule has 2 amide bonds. The molecule has 3 rings (SSSR count). The Balaban J connectivity index is 2.00. The molecule has 2 aromatic rings. The number of para-hydroxylation sites is 1. The molecule has 1 aliphatic rings. The summed E-state index contributed by atoms with van der Waals surface area (Å²) in [6.45, 7) is 4.14. The van der Waals surface area contributed by atoms with Crippen LogP contribution in [-0.2, 0) is 9.59 Å². The quantitative estimate of drug-likeness (QED) is 0.885. The third-order valence-electron chi connectivity index (χ3n) is 4.64. The third-order valence-corrected chi connectivity index (χ3v) is 4.64. The van der Waals surface area contributed by atoms with Gasteiger partial charge in [-0.1, -0.05) is 62.4 Å². The number of nitrogens with one attached hydrogen (secondary N) is 1. The minimum Gasteiger partial charge on any atom is -0.327 e. The van der Waals surface area contributed by atoms with Crippen molar-refractivity contribution in [3.05, 3.63) is 65.7 Å². The summed E-state index contributed by atoms with van der Waals surface area (Å²) in [5.41, 5.74) is 3.27. The lowest BCUT2D eigenvalue weighted by atomic mass is 10.0. The Morgan fingerprint density at radius 1 is 1.11 bits per heavy atom. The molecule has 0 unspecified atom stereocenters. The van der Waals surface area contributed by atoms with Crippen LogP contribution in [0.3, 0.4) is 0 Å². The fraction of sp³-hybridized carbons (Fsp3) is 0.318. The lowest BCUT2D eigenvalue weighted by Gasteiger charge is -2.21. The van der Waals surface area contributed by atoms with Gasteiger partial charge in [-0.3, -0.25) is 9.59 Å². The number of carbonyl (C=O) groups is 2. The van der Waals surface area contributed by atoms with Crippen molar-refractivity contribution in [1.29, 1.82) is 0 Å². The fourth-order valence-electron chi connectivity index (χ4n) is 3.09. The van der Waals surface area contributed by atoms with Crippen LogP contribution in [0.2, 0.25) is 0 Å². The second-order valence-electron chi connectivity index (χ2n) is 7.16. The van der Waals surface area contributed by atoms with E-state index in [4.69, 9.17) is 0 Å². The summed E-state index contributed by atoms with van der Waals surface area (Å²) >= 11 is 0.